The zero-order chi connectivity index (χ0) is 42.2. The summed E-state index contributed by atoms with van der Waals surface area (Å²) in [5, 5.41) is 72.4. The largest absolute Gasteiger partial charge is 0.458 e. The van der Waals surface area contributed by atoms with E-state index >= 15 is 0 Å². The summed E-state index contributed by atoms with van der Waals surface area (Å²) in [7, 11) is 1.54. The summed E-state index contributed by atoms with van der Waals surface area (Å²) in [6, 6.07) is 0. The van der Waals surface area contributed by atoms with E-state index in [1.807, 2.05) is 0 Å². The average molecular weight is 841 g/mol. The molecular formula is C42H64O17. The van der Waals surface area contributed by atoms with Gasteiger partial charge < -0.3 is 73.6 Å². The molecule has 8 rings (SSSR count). The number of carbonyl (C=O) groups is 2. The van der Waals surface area contributed by atoms with E-state index in [0.29, 0.717) is 30.6 Å². The molecule has 17 heteroatoms. The first-order chi connectivity index (χ1) is 28.0. The van der Waals surface area contributed by atoms with Crippen molar-refractivity contribution < 1.29 is 83.2 Å². The van der Waals surface area contributed by atoms with Gasteiger partial charge in [0.15, 0.2) is 18.9 Å². The number of fused-ring (bicyclic) bond motifs is 3. The SMILES string of the molecule is COC1CC(OC2CCC3(C)C(CCC45CCC(C6=CC(=O)OC6)C(C)(CCC43)C5=O)C2)OC(C)C1OC1OC(COC2OC(CO)C(O)C(O)C2O)C(O)C(O)C1O. The molecule has 3 saturated heterocycles. The van der Waals surface area contributed by atoms with Crippen LogP contribution in [0.1, 0.15) is 85.0 Å². The van der Waals surface area contributed by atoms with Crippen molar-refractivity contribution in [1.29, 1.82) is 0 Å². The van der Waals surface area contributed by atoms with E-state index in [4.69, 9.17) is 37.9 Å². The van der Waals surface area contributed by atoms with Crippen LogP contribution in [-0.2, 0) is 47.5 Å². The molecule has 0 aromatic rings. The molecule has 2 bridgehead atoms. The number of ketones is 1. The van der Waals surface area contributed by atoms with Crippen LogP contribution in [0.15, 0.2) is 11.6 Å². The van der Waals surface area contributed by atoms with Gasteiger partial charge in [-0.25, -0.2) is 4.79 Å². The number of aliphatic hydroxyl groups is 7. The maximum Gasteiger partial charge on any atom is 0.331 e. The van der Waals surface area contributed by atoms with Crippen molar-refractivity contribution in [1.82, 2.24) is 0 Å². The predicted molar refractivity (Wildman–Crippen MR) is 201 cm³/mol. The zero-order valence-corrected chi connectivity index (χ0v) is 34.4. The van der Waals surface area contributed by atoms with Gasteiger partial charge >= 0.3 is 5.97 Å². The Morgan fingerprint density at radius 2 is 1.47 bits per heavy atom. The molecule has 59 heavy (non-hydrogen) atoms. The number of Topliss-reactive ketones (excluding diaryl/α,β-unsaturated/α-hetero) is 1. The molecule has 0 amide bonds. The van der Waals surface area contributed by atoms with Crippen molar-refractivity contribution in [2.24, 2.45) is 34.0 Å². The van der Waals surface area contributed by atoms with E-state index in [1.54, 1.807) is 13.0 Å². The lowest BCUT2D eigenvalue weighted by atomic mass is 9.37. The topological polar surface area (TPSA) is 250 Å². The first kappa shape index (κ1) is 43.9. The highest BCUT2D eigenvalue weighted by atomic mass is 16.8. The summed E-state index contributed by atoms with van der Waals surface area (Å²) in [6.07, 6.45) is -7.97. The van der Waals surface area contributed by atoms with Crippen LogP contribution in [0, 0.1) is 34.0 Å². The van der Waals surface area contributed by atoms with Crippen LogP contribution in [0.25, 0.3) is 0 Å². The Morgan fingerprint density at radius 3 is 2.17 bits per heavy atom. The van der Waals surface area contributed by atoms with E-state index in [-0.39, 0.29) is 28.8 Å². The number of rotatable bonds is 10. The fourth-order valence-corrected chi connectivity index (χ4v) is 12.7. The molecule has 21 unspecified atom stereocenters. The Kier molecular flexibility index (Phi) is 12.5. The molecule has 334 valence electrons. The molecule has 4 saturated carbocycles. The maximum atomic E-state index is 14.6. The number of carbonyl (C=O) groups excluding carboxylic acids is 2. The van der Waals surface area contributed by atoms with Crippen molar-refractivity contribution in [3.05, 3.63) is 11.6 Å². The van der Waals surface area contributed by atoms with Gasteiger partial charge in [0.2, 0.25) is 0 Å². The lowest BCUT2D eigenvalue weighted by molar-refractivity contribution is -0.355. The molecule has 17 nitrogen and oxygen atoms in total. The van der Waals surface area contributed by atoms with Gasteiger partial charge in [0, 0.05) is 30.4 Å². The number of aliphatic hydroxyl groups excluding tert-OH is 7. The fourth-order valence-electron chi connectivity index (χ4n) is 12.7. The summed E-state index contributed by atoms with van der Waals surface area (Å²) in [6.45, 7) is 5.49. The average Bonchev–Trinajstić information content (AvgIpc) is 3.64. The second kappa shape index (κ2) is 16.8. The van der Waals surface area contributed by atoms with E-state index in [9.17, 15) is 45.3 Å². The smallest absolute Gasteiger partial charge is 0.331 e. The zero-order valence-electron chi connectivity index (χ0n) is 34.4. The van der Waals surface area contributed by atoms with Gasteiger partial charge in [0.25, 0.3) is 0 Å². The Labute approximate surface area is 344 Å². The van der Waals surface area contributed by atoms with Crippen molar-refractivity contribution in [3.63, 3.8) is 0 Å². The molecule has 8 aliphatic rings. The van der Waals surface area contributed by atoms with Gasteiger partial charge in [-0.2, -0.15) is 0 Å². The Morgan fingerprint density at radius 1 is 0.780 bits per heavy atom. The van der Waals surface area contributed by atoms with Crippen LogP contribution in [0.5, 0.6) is 0 Å². The molecule has 0 aromatic carbocycles. The number of methoxy groups -OCH3 is 1. The van der Waals surface area contributed by atoms with Crippen molar-refractivity contribution in [3.8, 4) is 0 Å². The van der Waals surface area contributed by atoms with Crippen LogP contribution < -0.4 is 0 Å². The summed E-state index contributed by atoms with van der Waals surface area (Å²) in [5.74, 6) is 0.866. The molecule has 0 radical (unpaired) electrons. The third kappa shape index (κ3) is 7.55. The van der Waals surface area contributed by atoms with Crippen LogP contribution in [0.3, 0.4) is 0 Å². The van der Waals surface area contributed by atoms with Gasteiger partial charge in [0.1, 0.15) is 67.3 Å². The molecular weight excluding hydrogens is 776 g/mol. The lowest BCUT2D eigenvalue weighted by Gasteiger charge is -2.66. The van der Waals surface area contributed by atoms with E-state index in [0.717, 1.165) is 63.4 Å². The minimum absolute atomic E-state index is 0.0130. The van der Waals surface area contributed by atoms with E-state index < -0.39 is 105 Å². The molecule has 4 aliphatic heterocycles. The van der Waals surface area contributed by atoms with Crippen LogP contribution in [0.4, 0.5) is 0 Å². The predicted octanol–water partition coefficient (Wildman–Crippen LogP) is -0.00400. The number of esters is 1. The van der Waals surface area contributed by atoms with Gasteiger partial charge in [-0.3, -0.25) is 4.79 Å². The van der Waals surface area contributed by atoms with Crippen molar-refractivity contribution >= 4 is 11.8 Å². The molecule has 1 spiro atoms. The van der Waals surface area contributed by atoms with Crippen LogP contribution >= 0.6 is 0 Å². The quantitative estimate of drug-likeness (QED) is 0.113. The second-order valence-corrected chi connectivity index (χ2v) is 19.1. The van der Waals surface area contributed by atoms with E-state index in [1.165, 1.54) is 7.11 Å². The molecule has 4 heterocycles. The Balaban J connectivity index is 0.863. The highest BCUT2D eigenvalue weighted by Gasteiger charge is 2.68. The molecule has 4 aliphatic carbocycles. The molecule has 7 fully saturated rings. The number of ether oxygens (including phenoxy) is 8. The highest BCUT2D eigenvalue weighted by molar-refractivity contribution is 5.93. The molecule has 21 atom stereocenters. The normalized spacial score (nSPS) is 52.6. The minimum Gasteiger partial charge on any atom is -0.458 e. The van der Waals surface area contributed by atoms with Gasteiger partial charge in [-0.1, -0.05) is 13.8 Å². The number of hydrogen-bond acceptors (Lipinski definition) is 17. The van der Waals surface area contributed by atoms with E-state index in [2.05, 4.69) is 13.8 Å². The van der Waals surface area contributed by atoms with Gasteiger partial charge in [0.05, 0.1) is 31.5 Å². The van der Waals surface area contributed by atoms with Gasteiger partial charge in [-0.15, -0.1) is 0 Å². The maximum absolute atomic E-state index is 14.6. The summed E-state index contributed by atoms with van der Waals surface area (Å²) >= 11 is 0. The third-order valence-electron chi connectivity index (χ3n) is 16.1. The summed E-state index contributed by atoms with van der Waals surface area (Å²) in [5.41, 5.74) is 0.201. The Bertz CT molecular complexity index is 1580. The second-order valence-electron chi connectivity index (χ2n) is 19.1. The van der Waals surface area contributed by atoms with Crippen LogP contribution in [0.2, 0.25) is 0 Å². The standard InChI is InChI=1S/C42H64O17/c1-19-36(59-38-35(50)33(48)31(46)26(58-38)18-54-37-34(49)32(47)30(45)25(16-43)57-37)24(52-4)15-29(55-19)56-22-6-9-40(2)21(14-22)5-11-42-12-7-23(20-13-28(44)53-17-20)41(3,39(42)51)10-8-27(40)42/h13,19,21-27,29-38,43,45-50H,5-12,14-18H2,1-4H3. The Hall–Kier alpha value is -1.68. The number of cyclic esters (lactones) is 1. The van der Waals surface area contributed by atoms with Crippen LogP contribution in [-0.4, -0.2) is 167 Å². The van der Waals surface area contributed by atoms with Crippen molar-refractivity contribution in [2.75, 3.05) is 26.9 Å². The lowest BCUT2D eigenvalue weighted by Crippen LogP contribution is -2.64. The van der Waals surface area contributed by atoms with Crippen molar-refractivity contribution in [2.45, 2.75) is 177 Å². The third-order valence-corrected chi connectivity index (χ3v) is 16.1. The first-order valence-electron chi connectivity index (χ1n) is 21.6. The fraction of sp³-hybridized carbons (Fsp3) is 0.905. The van der Waals surface area contributed by atoms with Gasteiger partial charge in [-0.05, 0) is 93.5 Å². The number of hydrogen-bond donors (Lipinski definition) is 7. The highest BCUT2D eigenvalue weighted by Crippen LogP contribution is 2.70. The summed E-state index contributed by atoms with van der Waals surface area (Å²) < 4.78 is 47.2. The monoisotopic (exact) mass is 840 g/mol. The summed E-state index contributed by atoms with van der Waals surface area (Å²) in [4.78, 5) is 26.6. The minimum atomic E-state index is -1.71. The first-order valence-corrected chi connectivity index (χ1v) is 21.6. The molecule has 7 N–H and O–H groups in total. The molecule has 0 aromatic heterocycles.